The fourth-order valence-corrected chi connectivity index (χ4v) is 2.57. The van der Waals surface area contributed by atoms with Crippen molar-refractivity contribution in [3.8, 4) is 0 Å². The van der Waals surface area contributed by atoms with E-state index in [2.05, 4.69) is 5.32 Å². The molecule has 0 spiro atoms. The number of nitrogens with zero attached hydrogens (tertiary/aromatic N) is 1. The number of nitrogens with one attached hydrogen (secondary N) is 1. The first-order valence-corrected chi connectivity index (χ1v) is 7.13. The molecule has 1 atom stereocenters. The normalized spacial score (nSPS) is 20.0. The molecule has 1 aliphatic rings. The van der Waals surface area contributed by atoms with Crippen molar-refractivity contribution in [2.24, 2.45) is 5.41 Å². The summed E-state index contributed by atoms with van der Waals surface area (Å²) < 4.78 is 13.2. The molecular formula is C16H23FN2O. The molecule has 1 aliphatic heterocycles. The average molecular weight is 278 g/mol. The summed E-state index contributed by atoms with van der Waals surface area (Å²) in [5.74, 6) is -0.0239. The fourth-order valence-electron chi connectivity index (χ4n) is 2.57. The van der Waals surface area contributed by atoms with Crippen LogP contribution < -0.4 is 5.32 Å². The lowest BCUT2D eigenvalue weighted by Gasteiger charge is -2.37. The van der Waals surface area contributed by atoms with E-state index in [4.69, 9.17) is 0 Å². The van der Waals surface area contributed by atoms with Crippen LogP contribution in [0.1, 0.15) is 26.3 Å². The third kappa shape index (κ3) is 3.79. The van der Waals surface area contributed by atoms with Gasteiger partial charge in [-0.05, 0) is 24.1 Å². The van der Waals surface area contributed by atoms with Crippen LogP contribution >= 0.6 is 0 Å². The van der Waals surface area contributed by atoms with Gasteiger partial charge in [-0.2, -0.15) is 0 Å². The second-order valence-electron chi connectivity index (χ2n) is 6.49. The summed E-state index contributed by atoms with van der Waals surface area (Å²) in [4.78, 5) is 14.2. The second kappa shape index (κ2) is 5.92. The standard InChI is InChI=1S/C16H23FN2O/c1-16(2,3)15(20)19-8-7-18-14(11-19)10-12-5-4-6-13(17)9-12/h4-6,9,14,18H,7-8,10-11H2,1-3H3. The van der Waals surface area contributed by atoms with E-state index >= 15 is 0 Å². The van der Waals surface area contributed by atoms with E-state index in [1.165, 1.54) is 6.07 Å². The van der Waals surface area contributed by atoms with Crippen molar-refractivity contribution in [1.29, 1.82) is 0 Å². The van der Waals surface area contributed by atoms with Gasteiger partial charge in [0.2, 0.25) is 5.91 Å². The highest BCUT2D eigenvalue weighted by Crippen LogP contribution is 2.19. The van der Waals surface area contributed by atoms with Gasteiger partial charge in [0.05, 0.1) is 0 Å². The Morgan fingerprint density at radius 1 is 1.45 bits per heavy atom. The van der Waals surface area contributed by atoms with Crippen molar-refractivity contribution in [3.63, 3.8) is 0 Å². The van der Waals surface area contributed by atoms with Gasteiger partial charge in [-0.3, -0.25) is 4.79 Å². The van der Waals surface area contributed by atoms with Crippen LogP contribution in [-0.4, -0.2) is 36.5 Å². The number of hydrogen-bond acceptors (Lipinski definition) is 2. The highest BCUT2D eigenvalue weighted by molar-refractivity contribution is 5.81. The van der Waals surface area contributed by atoms with E-state index in [-0.39, 0.29) is 23.2 Å². The Hall–Kier alpha value is -1.42. The third-order valence-corrected chi connectivity index (χ3v) is 3.56. The molecule has 0 aliphatic carbocycles. The van der Waals surface area contributed by atoms with Gasteiger partial charge in [0, 0.05) is 31.1 Å². The molecule has 1 fully saturated rings. The quantitative estimate of drug-likeness (QED) is 0.899. The summed E-state index contributed by atoms with van der Waals surface area (Å²) in [7, 11) is 0. The number of hydrogen-bond donors (Lipinski definition) is 1. The SMILES string of the molecule is CC(C)(C)C(=O)N1CCNC(Cc2cccc(F)c2)C1. The summed E-state index contributed by atoms with van der Waals surface area (Å²) in [5.41, 5.74) is 0.619. The number of carbonyl (C=O) groups excluding carboxylic acids is 1. The molecule has 1 saturated heterocycles. The first-order chi connectivity index (χ1) is 9.36. The predicted molar refractivity (Wildman–Crippen MR) is 77.9 cm³/mol. The van der Waals surface area contributed by atoms with Crippen LogP contribution in [0.15, 0.2) is 24.3 Å². The number of amides is 1. The number of piperazine rings is 1. The van der Waals surface area contributed by atoms with Crippen molar-refractivity contribution in [3.05, 3.63) is 35.6 Å². The summed E-state index contributed by atoms with van der Waals surface area (Å²) in [6.45, 7) is 8.06. The number of halogens is 1. The van der Waals surface area contributed by atoms with Crippen molar-refractivity contribution < 1.29 is 9.18 Å². The van der Waals surface area contributed by atoms with E-state index in [1.54, 1.807) is 12.1 Å². The summed E-state index contributed by atoms with van der Waals surface area (Å²) in [5, 5.41) is 3.41. The lowest BCUT2D eigenvalue weighted by molar-refractivity contribution is -0.140. The minimum atomic E-state index is -0.346. The maximum absolute atomic E-state index is 13.2. The Kier molecular flexibility index (Phi) is 4.43. The van der Waals surface area contributed by atoms with Gasteiger partial charge in [0.25, 0.3) is 0 Å². The molecule has 1 unspecified atom stereocenters. The van der Waals surface area contributed by atoms with E-state index < -0.39 is 0 Å². The zero-order valence-electron chi connectivity index (χ0n) is 12.4. The number of benzene rings is 1. The Balaban J connectivity index is 1.99. The van der Waals surface area contributed by atoms with E-state index in [0.29, 0.717) is 6.54 Å². The van der Waals surface area contributed by atoms with E-state index in [0.717, 1.165) is 25.1 Å². The molecule has 4 heteroatoms. The first kappa shape index (κ1) is 15.0. The largest absolute Gasteiger partial charge is 0.339 e. The van der Waals surface area contributed by atoms with Crippen LogP contribution in [0.3, 0.4) is 0 Å². The van der Waals surface area contributed by atoms with Crippen molar-refractivity contribution in [2.75, 3.05) is 19.6 Å². The zero-order valence-corrected chi connectivity index (χ0v) is 12.4. The summed E-state index contributed by atoms with van der Waals surface area (Å²) in [6.07, 6.45) is 0.742. The van der Waals surface area contributed by atoms with Crippen LogP contribution in [-0.2, 0) is 11.2 Å². The zero-order chi connectivity index (χ0) is 14.8. The highest BCUT2D eigenvalue weighted by atomic mass is 19.1. The van der Waals surface area contributed by atoms with Gasteiger partial charge in [-0.15, -0.1) is 0 Å². The molecule has 3 nitrogen and oxygen atoms in total. The van der Waals surface area contributed by atoms with Gasteiger partial charge >= 0.3 is 0 Å². The molecule has 2 rings (SSSR count). The van der Waals surface area contributed by atoms with Crippen molar-refractivity contribution in [2.45, 2.75) is 33.2 Å². The molecule has 0 aromatic heterocycles. The van der Waals surface area contributed by atoms with Crippen LogP contribution in [0.4, 0.5) is 4.39 Å². The van der Waals surface area contributed by atoms with E-state index in [1.807, 2.05) is 31.7 Å². The molecule has 0 radical (unpaired) electrons. The van der Waals surface area contributed by atoms with Crippen LogP contribution in [0.25, 0.3) is 0 Å². The second-order valence-corrected chi connectivity index (χ2v) is 6.49. The smallest absolute Gasteiger partial charge is 0.228 e. The molecule has 1 aromatic carbocycles. The number of rotatable bonds is 2. The van der Waals surface area contributed by atoms with Gasteiger partial charge in [0.15, 0.2) is 0 Å². The lowest BCUT2D eigenvalue weighted by Crippen LogP contribution is -2.55. The third-order valence-electron chi connectivity index (χ3n) is 3.56. The van der Waals surface area contributed by atoms with Crippen molar-refractivity contribution in [1.82, 2.24) is 10.2 Å². The predicted octanol–water partition coefficient (Wildman–Crippen LogP) is 2.21. The molecule has 20 heavy (non-hydrogen) atoms. The van der Waals surface area contributed by atoms with Gasteiger partial charge in [-0.25, -0.2) is 4.39 Å². The molecule has 1 aromatic rings. The maximum atomic E-state index is 13.2. The first-order valence-electron chi connectivity index (χ1n) is 7.13. The van der Waals surface area contributed by atoms with Crippen molar-refractivity contribution >= 4 is 5.91 Å². The maximum Gasteiger partial charge on any atom is 0.228 e. The molecule has 1 heterocycles. The molecular weight excluding hydrogens is 255 g/mol. The Bertz CT molecular complexity index is 482. The van der Waals surface area contributed by atoms with Gasteiger partial charge in [0.1, 0.15) is 5.82 Å². The molecule has 1 N–H and O–H groups in total. The molecule has 110 valence electrons. The lowest BCUT2D eigenvalue weighted by atomic mass is 9.93. The van der Waals surface area contributed by atoms with Crippen LogP contribution in [0, 0.1) is 11.2 Å². The molecule has 0 bridgehead atoms. The molecule has 1 amide bonds. The van der Waals surface area contributed by atoms with Crippen LogP contribution in [0.2, 0.25) is 0 Å². The Labute approximate surface area is 120 Å². The monoisotopic (exact) mass is 278 g/mol. The summed E-state index contributed by atoms with van der Waals surface area (Å²) in [6, 6.07) is 6.86. The topological polar surface area (TPSA) is 32.3 Å². The highest BCUT2D eigenvalue weighted by Gasteiger charge is 2.30. The average Bonchev–Trinajstić information content (AvgIpc) is 2.37. The Morgan fingerprint density at radius 2 is 2.20 bits per heavy atom. The molecule has 0 saturated carbocycles. The van der Waals surface area contributed by atoms with E-state index in [9.17, 15) is 9.18 Å². The minimum absolute atomic E-state index is 0.184. The number of carbonyl (C=O) groups is 1. The van der Waals surface area contributed by atoms with Crippen LogP contribution in [0.5, 0.6) is 0 Å². The fraction of sp³-hybridized carbons (Fsp3) is 0.562. The van der Waals surface area contributed by atoms with Gasteiger partial charge in [-0.1, -0.05) is 32.9 Å². The summed E-state index contributed by atoms with van der Waals surface area (Å²) >= 11 is 0. The Morgan fingerprint density at radius 3 is 2.85 bits per heavy atom. The minimum Gasteiger partial charge on any atom is -0.339 e. The van der Waals surface area contributed by atoms with Gasteiger partial charge < -0.3 is 10.2 Å².